The molecule has 0 saturated heterocycles. The van der Waals surface area contributed by atoms with E-state index in [1.165, 1.54) is 0 Å². The number of unbranched alkanes of at least 4 members (excludes halogenated alkanes) is 8. The average molecular weight is 324 g/mol. The van der Waals surface area contributed by atoms with Crippen LogP contribution >= 0.6 is 0 Å². The first-order chi connectivity index (χ1) is 9.56. The first-order valence-electron chi connectivity index (χ1n) is 7.38. The minimum absolute atomic E-state index is 0.186. The summed E-state index contributed by atoms with van der Waals surface area (Å²) in [4.78, 5) is 0. The Bertz CT molecular complexity index is 253. The second-order valence-electron chi connectivity index (χ2n) is 5.38. The van der Waals surface area contributed by atoms with E-state index in [9.17, 15) is 30.7 Å². The fourth-order valence-electron chi connectivity index (χ4n) is 2.12. The maximum Gasteiger partial charge on any atom is 0.431 e. The molecule has 0 N–H and O–H groups in total. The lowest BCUT2D eigenvalue weighted by Gasteiger charge is -2.29. The molecule has 0 nitrogen and oxygen atoms in total. The summed E-state index contributed by atoms with van der Waals surface area (Å²) in [7, 11) is 0. The van der Waals surface area contributed by atoms with Gasteiger partial charge in [-0.1, -0.05) is 58.3 Å². The zero-order chi connectivity index (χ0) is 16.6. The molecule has 0 aromatic rings. The highest BCUT2D eigenvalue weighted by Gasteiger charge is 2.71. The summed E-state index contributed by atoms with van der Waals surface area (Å²) in [6.45, 7) is 2.07. The molecule has 0 atom stereocenters. The van der Waals surface area contributed by atoms with Gasteiger partial charge in [0.25, 0.3) is 5.67 Å². The number of halogens is 7. The van der Waals surface area contributed by atoms with Gasteiger partial charge < -0.3 is 0 Å². The zero-order valence-electron chi connectivity index (χ0n) is 12.2. The van der Waals surface area contributed by atoms with Crippen molar-refractivity contribution in [2.45, 2.75) is 89.2 Å². The Morgan fingerprint density at radius 2 is 0.857 bits per heavy atom. The van der Waals surface area contributed by atoms with Crippen LogP contribution in [0.2, 0.25) is 0 Å². The Labute approximate surface area is 121 Å². The van der Waals surface area contributed by atoms with Gasteiger partial charge >= 0.3 is 12.4 Å². The van der Waals surface area contributed by atoms with E-state index in [-0.39, 0.29) is 6.42 Å². The van der Waals surface area contributed by atoms with E-state index in [0.29, 0.717) is 6.42 Å². The number of alkyl halides is 7. The van der Waals surface area contributed by atoms with Gasteiger partial charge in [0.1, 0.15) is 0 Å². The van der Waals surface area contributed by atoms with Crippen molar-refractivity contribution in [3.05, 3.63) is 0 Å². The van der Waals surface area contributed by atoms with Crippen molar-refractivity contribution in [2.24, 2.45) is 0 Å². The Kier molecular flexibility index (Phi) is 8.63. The third-order valence-electron chi connectivity index (χ3n) is 3.52. The van der Waals surface area contributed by atoms with Gasteiger partial charge in [-0.05, 0) is 12.8 Å². The lowest BCUT2D eigenvalue weighted by atomic mass is 9.96. The second kappa shape index (κ2) is 8.83. The molecule has 21 heavy (non-hydrogen) atoms. The molecule has 0 radical (unpaired) electrons. The summed E-state index contributed by atoms with van der Waals surface area (Å²) < 4.78 is 86.8. The lowest BCUT2D eigenvalue weighted by Crippen LogP contribution is -2.53. The van der Waals surface area contributed by atoms with Gasteiger partial charge in [0.05, 0.1) is 0 Å². The molecule has 0 rings (SSSR count). The van der Waals surface area contributed by atoms with Gasteiger partial charge in [0.15, 0.2) is 0 Å². The minimum atomic E-state index is -5.91. The molecule has 0 fully saturated rings. The van der Waals surface area contributed by atoms with Gasteiger partial charge in [0.2, 0.25) is 0 Å². The molecule has 0 unspecified atom stereocenters. The second-order valence-corrected chi connectivity index (χ2v) is 5.38. The van der Waals surface area contributed by atoms with Crippen molar-refractivity contribution < 1.29 is 30.7 Å². The van der Waals surface area contributed by atoms with Crippen LogP contribution in [0.1, 0.15) is 71.1 Å². The molecule has 0 amide bonds. The molecule has 0 heterocycles. The number of hydrogen-bond donors (Lipinski definition) is 0. The maximum atomic E-state index is 13.3. The quantitative estimate of drug-likeness (QED) is 0.308. The molecule has 0 aliphatic heterocycles. The minimum Gasteiger partial charge on any atom is -0.224 e. The molecule has 7 heteroatoms. The van der Waals surface area contributed by atoms with Crippen molar-refractivity contribution in [2.75, 3.05) is 0 Å². The van der Waals surface area contributed by atoms with Crippen molar-refractivity contribution in [3.8, 4) is 0 Å². The molecule has 0 bridgehead atoms. The van der Waals surface area contributed by atoms with Crippen molar-refractivity contribution in [3.63, 3.8) is 0 Å². The van der Waals surface area contributed by atoms with Crippen LogP contribution in [0.25, 0.3) is 0 Å². The van der Waals surface area contributed by atoms with Crippen molar-refractivity contribution in [1.29, 1.82) is 0 Å². The van der Waals surface area contributed by atoms with E-state index in [1.54, 1.807) is 0 Å². The van der Waals surface area contributed by atoms with Crippen LogP contribution in [-0.4, -0.2) is 18.0 Å². The van der Waals surface area contributed by atoms with Gasteiger partial charge in [-0.25, -0.2) is 4.39 Å². The Morgan fingerprint density at radius 1 is 0.524 bits per heavy atom. The van der Waals surface area contributed by atoms with E-state index >= 15 is 0 Å². The SMILES string of the molecule is CCCCCCCCCCCC(F)(C(F)(F)F)C(F)(F)F. The zero-order valence-corrected chi connectivity index (χ0v) is 12.2. The molecule has 0 aromatic carbocycles. The Balaban J connectivity index is 3.97. The van der Waals surface area contributed by atoms with Crippen LogP contribution in [0.3, 0.4) is 0 Å². The lowest BCUT2D eigenvalue weighted by molar-refractivity contribution is -0.343. The van der Waals surface area contributed by atoms with Crippen LogP contribution in [0.15, 0.2) is 0 Å². The molecule has 0 aliphatic rings. The van der Waals surface area contributed by atoms with Crippen molar-refractivity contribution >= 4 is 0 Å². The van der Waals surface area contributed by atoms with E-state index < -0.39 is 30.9 Å². The molecular formula is C14H23F7. The van der Waals surface area contributed by atoms with E-state index in [2.05, 4.69) is 6.92 Å². The van der Waals surface area contributed by atoms with Crippen LogP contribution in [0.4, 0.5) is 30.7 Å². The monoisotopic (exact) mass is 324 g/mol. The average Bonchev–Trinajstić information content (AvgIpc) is 2.33. The van der Waals surface area contributed by atoms with E-state index in [4.69, 9.17) is 0 Å². The fourth-order valence-corrected chi connectivity index (χ4v) is 2.12. The summed E-state index contributed by atoms with van der Waals surface area (Å²) in [6, 6.07) is 0. The van der Waals surface area contributed by atoms with Gasteiger partial charge in [-0.2, -0.15) is 26.3 Å². The number of hydrogen-bond acceptors (Lipinski definition) is 0. The molecule has 0 aliphatic carbocycles. The van der Waals surface area contributed by atoms with Gasteiger partial charge in [-0.3, -0.25) is 0 Å². The highest BCUT2D eigenvalue weighted by molar-refractivity contribution is 4.94. The molecule has 0 spiro atoms. The molecular weight excluding hydrogens is 301 g/mol. The van der Waals surface area contributed by atoms with Gasteiger partial charge in [-0.15, -0.1) is 0 Å². The summed E-state index contributed by atoms with van der Waals surface area (Å²) in [6.07, 6.45) is -7.03. The van der Waals surface area contributed by atoms with E-state index in [1.807, 2.05) is 0 Å². The largest absolute Gasteiger partial charge is 0.431 e. The standard InChI is InChI=1S/C14H23F7/c1-2-3-4-5-6-7-8-9-10-11-12(15,13(16,17)18)14(19,20)21/h2-11H2,1H3. The normalized spacial score (nSPS) is 13.7. The third-order valence-corrected chi connectivity index (χ3v) is 3.52. The Hall–Kier alpha value is -0.490. The highest BCUT2D eigenvalue weighted by Crippen LogP contribution is 2.49. The van der Waals surface area contributed by atoms with Gasteiger partial charge in [0, 0.05) is 0 Å². The Morgan fingerprint density at radius 3 is 1.19 bits per heavy atom. The predicted octanol–water partition coefficient (Wildman–Crippen LogP) is 6.74. The molecule has 0 saturated carbocycles. The fraction of sp³-hybridized carbons (Fsp3) is 1.00. The summed E-state index contributed by atoms with van der Waals surface area (Å²) >= 11 is 0. The first kappa shape index (κ1) is 20.5. The van der Waals surface area contributed by atoms with Crippen LogP contribution < -0.4 is 0 Å². The van der Waals surface area contributed by atoms with Crippen LogP contribution in [-0.2, 0) is 0 Å². The smallest absolute Gasteiger partial charge is 0.224 e. The topological polar surface area (TPSA) is 0 Å². The third kappa shape index (κ3) is 6.87. The maximum absolute atomic E-state index is 13.3. The molecule has 0 aromatic heterocycles. The summed E-state index contributed by atoms with van der Waals surface area (Å²) in [5.74, 6) is 0. The van der Waals surface area contributed by atoms with Crippen molar-refractivity contribution in [1.82, 2.24) is 0 Å². The highest BCUT2D eigenvalue weighted by atomic mass is 19.4. The van der Waals surface area contributed by atoms with Crippen LogP contribution in [0.5, 0.6) is 0 Å². The summed E-state index contributed by atoms with van der Waals surface area (Å²) in [5, 5.41) is 0. The van der Waals surface area contributed by atoms with E-state index in [0.717, 1.165) is 38.5 Å². The summed E-state index contributed by atoms with van der Waals surface area (Å²) in [5.41, 5.74) is -5.08. The molecule has 128 valence electrons. The predicted molar refractivity (Wildman–Crippen MR) is 67.8 cm³/mol. The first-order valence-corrected chi connectivity index (χ1v) is 7.38. The number of rotatable bonds is 10. The van der Waals surface area contributed by atoms with Crippen LogP contribution in [0, 0.1) is 0 Å².